The Morgan fingerprint density at radius 2 is 2.03 bits per heavy atom. The highest BCUT2D eigenvalue weighted by molar-refractivity contribution is 5.93. The van der Waals surface area contributed by atoms with Crippen LogP contribution in [0.1, 0.15) is 38.2 Å². The number of likely N-dealkylation sites (N-methyl/N-ethyl adjacent to an activating group) is 1. The molecule has 5 aliphatic rings. The number of fused-ring (bicyclic) bond motifs is 2. The van der Waals surface area contributed by atoms with Gasteiger partial charge in [0.1, 0.15) is 5.60 Å². The van der Waals surface area contributed by atoms with Crippen LogP contribution in [0.3, 0.4) is 0 Å². The van der Waals surface area contributed by atoms with Crippen LogP contribution in [0.4, 0.5) is 0 Å². The highest BCUT2D eigenvalue weighted by Gasteiger charge is 2.66. The van der Waals surface area contributed by atoms with Gasteiger partial charge in [0.25, 0.3) is 0 Å². The molecular formula is C23H26N2O5. The fraction of sp³-hybridized carbons (Fsp3) is 0.565. The zero-order valence-corrected chi connectivity index (χ0v) is 17.1. The van der Waals surface area contributed by atoms with Crippen molar-refractivity contribution in [3.05, 3.63) is 35.9 Å². The van der Waals surface area contributed by atoms with Gasteiger partial charge < -0.3 is 24.4 Å². The topological polar surface area (TPSA) is 77.1 Å². The first kappa shape index (κ1) is 18.2. The van der Waals surface area contributed by atoms with Crippen LogP contribution in [0.5, 0.6) is 11.5 Å². The molecule has 2 saturated heterocycles. The van der Waals surface area contributed by atoms with Gasteiger partial charge in [-0.1, -0.05) is 31.1 Å². The molecule has 4 aliphatic heterocycles. The summed E-state index contributed by atoms with van der Waals surface area (Å²) in [6, 6.07) is 5.94. The van der Waals surface area contributed by atoms with Gasteiger partial charge in [0.15, 0.2) is 11.5 Å². The second-order valence-electron chi connectivity index (χ2n) is 9.10. The van der Waals surface area contributed by atoms with E-state index in [2.05, 4.69) is 5.32 Å². The number of rotatable bonds is 4. The van der Waals surface area contributed by atoms with E-state index in [1.54, 1.807) is 4.90 Å². The van der Waals surface area contributed by atoms with Crippen LogP contribution in [0.2, 0.25) is 0 Å². The monoisotopic (exact) mass is 410 g/mol. The summed E-state index contributed by atoms with van der Waals surface area (Å²) in [5.41, 5.74) is -0.0376. The number of benzene rings is 1. The number of hydrogen-bond donors (Lipinski definition) is 1. The minimum atomic E-state index is -0.638. The summed E-state index contributed by atoms with van der Waals surface area (Å²) in [5.74, 6) is 0.508. The zero-order chi connectivity index (χ0) is 20.5. The number of hydrogen-bond acceptors (Lipinski definition) is 5. The Bertz CT molecular complexity index is 953. The van der Waals surface area contributed by atoms with Gasteiger partial charge in [-0.15, -0.1) is 0 Å². The predicted octanol–water partition coefficient (Wildman–Crippen LogP) is 2.10. The minimum Gasteiger partial charge on any atom is -0.454 e. The Balaban J connectivity index is 1.31. The third kappa shape index (κ3) is 2.35. The SMILES string of the molecule is CCN1C[C@]23C=C[C@@H](O2)[C@H](C(=O)NC2(c4ccc5c(c4)OCO5)CCCC2)[C@@H]3C1=O. The van der Waals surface area contributed by atoms with Crippen LogP contribution < -0.4 is 14.8 Å². The molecule has 7 heteroatoms. The number of likely N-dealkylation sites (tertiary alicyclic amines) is 1. The smallest absolute Gasteiger partial charge is 0.231 e. The summed E-state index contributed by atoms with van der Waals surface area (Å²) in [5, 5.41) is 3.37. The van der Waals surface area contributed by atoms with Crippen LogP contribution in [-0.4, -0.2) is 48.3 Å². The molecule has 0 radical (unpaired) electrons. The van der Waals surface area contributed by atoms with E-state index in [1.165, 1.54) is 0 Å². The summed E-state index contributed by atoms with van der Waals surface area (Å²) in [4.78, 5) is 28.5. The summed E-state index contributed by atoms with van der Waals surface area (Å²) < 4.78 is 17.2. The molecule has 6 rings (SSSR count). The zero-order valence-electron chi connectivity index (χ0n) is 17.1. The standard InChI is InChI=1S/C23H26N2O5/c1-2-25-12-23-10-7-16(30-23)18(19(23)21(25)27)20(26)24-22(8-3-4-9-22)14-5-6-15-17(11-14)29-13-28-15/h5-7,10-11,16,18-19H,2-4,8-9,12-13H2,1H3,(H,24,26)/t16-,18+,19-,23+/m1/s1. The molecule has 4 atom stereocenters. The molecule has 0 unspecified atom stereocenters. The van der Waals surface area contributed by atoms with Crippen molar-refractivity contribution in [3.8, 4) is 11.5 Å². The molecule has 1 spiro atoms. The summed E-state index contributed by atoms with van der Waals surface area (Å²) >= 11 is 0. The number of carbonyl (C=O) groups excluding carboxylic acids is 2. The number of nitrogens with zero attached hydrogens (tertiary/aromatic N) is 1. The maximum absolute atomic E-state index is 13.6. The van der Waals surface area contributed by atoms with E-state index >= 15 is 0 Å². The third-order valence-corrected chi connectivity index (χ3v) is 7.61. The molecule has 7 nitrogen and oxygen atoms in total. The fourth-order valence-corrected chi connectivity index (χ4v) is 6.12. The lowest BCUT2D eigenvalue weighted by Crippen LogP contribution is -2.51. The van der Waals surface area contributed by atoms with E-state index in [9.17, 15) is 9.59 Å². The van der Waals surface area contributed by atoms with Crippen LogP contribution in [0.15, 0.2) is 30.4 Å². The highest BCUT2D eigenvalue weighted by Crippen LogP contribution is 2.52. The number of ether oxygens (including phenoxy) is 3. The molecule has 3 fully saturated rings. The lowest BCUT2D eigenvalue weighted by Gasteiger charge is -2.34. The van der Waals surface area contributed by atoms with E-state index in [0.29, 0.717) is 13.1 Å². The van der Waals surface area contributed by atoms with Crippen molar-refractivity contribution in [2.75, 3.05) is 19.9 Å². The average molecular weight is 410 g/mol. The summed E-state index contributed by atoms with van der Waals surface area (Å²) in [7, 11) is 0. The van der Waals surface area contributed by atoms with Gasteiger partial charge >= 0.3 is 0 Å². The first-order valence-electron chi connectivity index (χ1n) is 10.9. The van der Waals surface area contributed by atoms with Crippen LogP contribution in [-0.2, 0) is 19.9 Å². The van der Waals surface area contributed by atoms with Crippen molar-refractivity contribution >= 4 is 11.8 Å². The van der Waals surface area contributed by atoms with Crippen molar-refractivity contribution in [2.24, 2.45) is 11.8 Å². The van der Waals surface area contributed by atoms with Gasteiger partial charge in [-0.25, -0.2) is 0 Å². The van der Waals surface area contributed by atoms with Gasteiger partial charge in [-0.3, -0.25) is 9.59 Å². The second-order valence-corrected chi connectivity index (χ2v) is 9.10. The van der Waals surface area contributed by atoms with Crippen molar-refractivity contribution in [3.63, 3.8) is 0 Å². The fourth-order valence-electron chi connectivity index (χ4n) is 6.12. The molecular weight excluding hydrogens is 384 g/mol. The van der Waals surface area contributed by atoms with E-state index < -0.39 is 23.0 Å². The maximum Gasteiger partial charge on any atom is 0.231 e. The number of carbonyl (C=O) groups is 2. The van der Waals surface area contributed by atoms with Gasteiger partial charge in [0.05, 0.1) is 30.0 Å². The highest BCUT2D eigenvalue weighted by atomic mass is 16.7. The molecule has 1 aliphatic carbocycles. The second kappa shape index (κ2) is 6.23. The molecule has 158 valence electrons. The van der Waals surface area contributed by atoms with Gasteiger partial charge in [-0.2, -0.15) is 0 Å². The molecule has 2 amide bonds. The Morgan fingerprint density at radius 1 is 1.23 bits per heavy atom. The van der Waals surface area contributed by atoms with E-state index in [4.69, 9.17) is 14.2 Å². The molecule has 1 aromatic carbocycles. The van der Waals surface area contributed by atoms with Crippen molar-refractivity contribution in [1.29, 1.82) is 0 Å². The van der Waals surface area contributed by atoms with Gasteiger partial charge in [0, 0.05) is 6.54 Å². The van der Waals surface area contributed by atoms with Crippen LogP contribution in [0, 0.1) is 11.8 Å². The van der Waals surface area contributed by atoms with Gasteiger partial charge in [0.2, 0.25) is 18.6 Å². The van der Waals surface area contributed by atoms with E-state index in [-0.39, 0.29) is 24.7 Å². The molecule has 1 N–H and O–H groups in total. The Kier molecular flexibility index (Phi) is 3.79. The van der Waals surface area contributed by atoms with Crippen molar-refractivity contribution < 1.29 is 23.8 Å². The van der Waals surface area contributed by atoms with E-state index in [0.717, 1.165) is 42.7 Å². The molecule has 1 saturated carbocycles. The average Bonchev–Trinajstić information content (AvgIpc) is 3.55. The lowest BCUT2D eigenvalue weighted by molar-refractivity contribution is -0.138. The Labute approximate surface area is 175 Å². The first-order chi connectivity index (χ1) is 14.6. The molecule has 0 aromatic heterocycles. The number of nitrogens with one attached hydrogen (secondary N) is 1. The quantitative estimate of drug-likeness (QED) is 0.770. The molecule has 2 bridgehead atoms. The summed E-state index contributed by atoms with van der Waals surface area (Å²) in [6.45, 7) is 3.37. The van der Waals surface area contributed by atoms with Crippen molar-refractivity contribution in [1.82, 2.24) is 10.2 Å². The summed E-state index contributed by atoms with van der Waals surface area (Å²) in [6.07, 6.45) is 7.49. The van der Waals surface area contributed by atoms with Crippen LogP contribution >= 0.6 is 0 Å². The maximum atomic E-state index is 13.6. The third-order valence-electron chi connectivity index (χ3n) is 7.61. The van der Waals surface area contributed by atoms with Crippen molar-refractivity contribution in [2.45, 2.75) is 49.9 Å². The van der Waals surface area contributed by atoms with Gasteiger partial charge in [-0.05, 0) is 37.5 Å². The normalized spacial score (nSPS) is 34.6. The Morgan fingerprint density at radius 3 is 2.83 bits per heavy atom. The molecule has 4 heterocycles. The minimum absolute atomic E-state index is 0.0352. The van der Waals surface area contributed by atoms with E-state index in [1.807, 2.05) is 37.3 Å². The Hall–Kier alpha value is -2.54. The molecule has 30 heavy (non-hydrogen) atoms. The first-order valence-corrected chi connectivity index (χ1v) is 10.9. The predicted molar refractivity (Wildman–Crippen MR) is 107 cm³/mol. The largest absolute Gasteiger partial charge is 0.454 e. The molecule has 1 aromatic rings. The van der Waals surface area contributed by atoms with Crippen LogP contribution in [0.25, 0.3) is 0 Å². The lowest BCUT2D eigenvalue weighted by atomic mass is 9.76. The number of amides is 2.